The molecule has 5 nitrogen and oxygen atoms in total. The summed E-state index contributed by atoms with van der Waals surface area (Å²) >= 11 is 0. The van der Waals surface area contributed by atoms with Crippen LogP contribution in [0.1, 0.15) is 49.2 Å². The minimum absolute atomic E-state index is 0.0347. The third-order valence-electron chi connectivity index (χ3n) is 5.12. The second kappa shape index (κ2) is 8.52. The Morgan fingerprint density at radius 3 is 2.41 bits per heavy atom. The topological polar surface area (TPSA) is 74.0 Å². The minimum Gasteiger partial charge on any atom is -0.361 e. The van der Waals surface area contributed by atoms with E-state index in [9.17, 15) is 9.59 Å². The zero-order chi connectivity index (χ0) is 21.0. The second-order valence-electron chi connectivity index (χ2n) is 8.42. The highest BCUT2D eigenvalue weighted by Crippen LogP contribution is 2.22. The lowest BCUT2D eigenvalue weighted by molar-refractivity contribution is -0.122. The van der Waals surface area contributed by atoms with Crippen LogP contribution in [-0.2, 0) is 16.6 Å². The molecule has 1 heterocycles. The van der Waals surface area contributed by atoms with Gasteiger partial charge in [-0.3, -0.25) is 9.59 Å². The van der Waals surface area contributed by atoms with Gasteiger partial charge in [0.25, 0.3) is 5.91 Å². The van der Waals surface area contributed by atoms with Crippen LogP contribution in [0.4, 0.5) is 0 Å². The number of nitrogens with one attached hydrogen (secondary N) is 3. The third-order valence-corrected chi connectivity index (χ3v) is 5.12. The fourth-order valence-corrected chi connectivity index (χ4v) is 3.28. The molecule has 0 radical (unpaired) electrons. The molecule has 0 saturated carbocycles. The van der Waals surface area contributed by atoms with Crippen LogP contribution in [0.5, 0.6) is 0 Å². The number of hydrogen-bond donors (Lipinski definition) is 3. The van der Waals surface area contributed by atoms with Crippen LogP contribution in [0, 0.1) is 0 Å². The average molecular weight is 392 g/mol. The smallest absolute Gasteiger partial charge is 0.251 e. The Balaban J connectivity index is 1.50. The number of carbonyl (C=O) groups is 2. The highest BCUT2D eigenvalue weighted by molar-refractivity contribution is 5.97. The minimum atomic E-state index is -0.604. The van der Waals surface area contributed by atoms with Crippen LogP contribution >= 0.6 is 0 Å². The van der Waals surface area contributed by atoms with Gasteiger partial charge < -0.3 is 15.6 Å². The van der Waals surface area contributed by atoms with Crippen molar-refractivity contribution in [1.29, 1.82) is 0 Å². The van der Waals surface area contributed by atoms with Gasteiger partial charge >= 0.3 is 0 Å². The molecule has 3 aromatic rings. The van der Waals surface area contributed by atoms with Crippen LogP contribution in [0.2, 0.25) is 0 Å². The molecule has 0 aliphatic carbocycles. The Labute approximate surface area is 171 Å². The van der Waals surface area contributed by atoms with E-state index >= 15 is 0 Å². The molecule has 0 bridgehead atoms. The predicted octanol–water partition coefficient (Wildman–Crippen LogP) is 3.94. The van der Waals surface area contributed by atoms with E-state index < -0.39 is 6.04 Å². The quantitative estimate of drug-likeness (QED) is 0.595. The highest BCUT2D eigenvalue weighted by Gasteiger charge is 2.18. The van der Waals surface area contributed by atoms with Crippen molar-refractivity contribution in [3.8, 4) is 0 Å². The van der Waals surface area contributed by atoms with E-state index in [1.54, 1.807) is 19.1 Å². The van der Waals surface area contributed by atoms with Gasteiger partial charge in [0, 0.05) is 29.2 Å². The number of hydrogen-bond acceptors (Lipinski definition) is 2. The SMILES string of the molecule is CC(NC(=O)c1ccc(C(C)(C)C)cc1)C(=O)NCCc1c[nH]c2ccccc12. The largest absolute Gasteiger partial charge is 0.361 e. The summed E-state index contributed by atoms with van der Waals surface area (Å²) in [6, 6.07) is 15.0. The molecule has 3 rings (SSSR count). The monoisotopic (exact) mass is 391 g/mol. The molecule has 1 aromatic heterocycles. The number of rotatable bonds is 6. The Morgan fingerprint density at radius 1 is 1.03 bits per heavy atom. The lowest BCUT2D eigenvalue weighted by atomic mass is 9.86. The summed E-state index contributed by atoms with van der Waals surface area (Å²) in [5, 5.41) is 6.84. The van der Waals surface area contributed by atoms with Gasteiger partial charge in [0.2, 0.25) is 5.91 Å². The summed E-state index contributed by atoms with van der Waals surface area (Å²) in [5.74, 6) is -0.436. The molecule has 29 heavy (non-hydrogen) atoms. The fourth-order valence-electron chi connectivity index (χ4n) is 3.28. The van der Waals surface area contributed by atoms with Crippen molar-refractivity contribution >= 4 is 22.7 Å². The molecule has 0 aliphatic rings. The predicted molar refractivity (Wildman–Crippen MR) is 117 cm³/mol. The van der Waals surface area contributed by atoms with Gasteiger partial charge in [-0.1, -0.05) is 51.1 Å². The number of aromatic amines is 1. The number of benzene rings is 2. The summed E-state index contributed by atoms with van der Waals surface area (Å²) < 4.78 is 0. The van der Waals surface area contributed by atoms with Gasteiger partial charge in [-0.2, -0.15) is 0 Å². The molecular formula is C24H29N3O2. The number of amides is 2. The average Bonchev–Trinajstić information content (AvgIpc) is 3.10. The van der Waals surface area contributed by atoms with Gasteiger partial charge in [-0.15, -0.1) is 0 Å². The number of aromatic nitrogens is 1. The van der Waals surface area contributed by atoms with Crippen LogP contribution < -0.4 is 10.6 Å². The first-order chi connectivity index (χ1) is 13.8. The van der Waals surface area contributed by atoms with E-state index in [1.807, 2.05) is 36.5 Å². The number of carbonyl (C=O) groups excluding carboxylic acids is 2. The third kappa shape index (κ3) is 5.05. The summed E-state index contributed by atoms with van der Waals surface area (Å²) in [6.07, 6.45) is 2.70. The van der Waals surface area contributed by atoms with Gasteiger partial charge in [-0.05, 0) is 48.1 Å². The first kappa shape index (κ1) is 20.6. The first-order valence-electron chi connectivity index (χ1n) is 10.00. The van der Waals surface area contributed by atoms with Gasteiger partial charge in [0.05, 0.1) is 0 Å². The maximum Gasteiger partial charge on any atom is 0.251 e. The maximum absolute atomic E-state index is 12.4. The lowest BCUT2D eigenvalue weighted by Gasteiger charge is -2.19. The van der Waals surface area contributed by atoms with E-state index in [0.717, 1.165) is 23.1 Å². The Kier molecular flexibility index (Phi) is 6.06. The van der Waals surface area contributed by atoms with E-state index in [-0.39, 0.29) is 17.2 Å². The van der Waals surface area contributed by atoms with E-state index in [4.69, 9.17) is 0 Å². The summed E-state index contributed by atoms with van der Waals surface area (Å²) in [4.78, 5) is 28.0. The van der Waals surface area contributed by atoms with Crippen molar-refractivity contribution in [1.82, 2.24) is 15.6 Å². The van der Waals surface area contributed by atoms with Gasteiger partial charge in [0.1, 0.15) is 6.04 Å². The maximum atomic E-state index is 12.4. The zero-order valence-electron chi connectivity index (χ0n) is 17.5. The Morgan fingerprint density at radius 2 is 1.72 bits per heavy atom. The first-order valence-corrected chi connectivity index (χ1v) is 10.00. The van der Waals surface area contributed by atoms with Crippen molar-refractivity contribution < 1.29 is 9.59 Å². The van der Waals surface area contributed by atoms with Crippen LogP contribution in [0.3, 0.4) is 0 Å². The van der Waals surface area contributed by atoms with Crippen molar-refractivity contribution in [2.75, 3.05) is 6.54 Å². The van der Waals surface area contributed by atoms with E-state index in [0.29, 0.717) is 12.1 Å². The Hall–Kier alpha value is -3.08. The number of H-pyrrole nitrogens is 1. The lowest BCUT2D eigenvalue weighted by Crippen LogP contribution is -2.45. The van der Waals surface area contributed by atoms with Crippen LogP contribution in [0.15, 0.2) is 54.7 Å². The molecule has 1 atom stereocenters. The number of para-hydroxylation sites is 1. The molecule has 0 aliphatic heterocycles. The molecule has 0 saturated heterocycles. The van der Waals surface area contributed by atoms with E-state index in [1.165, 1.54) is 5.39 Å². The summed E-state index contributed by atoms with van der Waals surface area (Å²) in [6.45, 7) is 8.60. The second-order valence-corrected chi connectivity index (χ2v) is 8.42. The molecular weight excluding hydrogens is 362 g/mol. The molecule has 152 valence electrons. The van der Waals surface area contributed by atoms with Crippen molar-refractivity contribution in [2.24, 2.45) is 0 Å². The normalized spacial score (nSPS) is 12.6. The van der Waals surface area contributed by atoms with Crippen LogP contribution in [-0.4, -0.2) is 29.4 Å². The standard InChI is InChI=1S/C24H29N3O2/c1-16(27-23(29)17-9-11-19(12-10-17)24(2,3)4)22(28)25-14-13-18-15-26-21-8-6-5-7-20(18)21/h5-12,15-16,26H,13-14H2,1-4H3,(H,25,28)(H,27,29). The fraction of sp³-hybridized carbons (Fsp3) is 0.333. The molecule has 1 unspecified atom stereocenters. The van der Waals surface area contributed by atoms with E-state index in [2.05, 4.69) is 42.5 Å². The number of fused-ring (bicyclic) bond motifs is 1. The summed E-state index contributed by atoms with van der Waals surface area (Å²) in [7, 11) is 0. The molecule has 2 aromatic carbocycles. The molecule has 2 amide bonds. The molecule has 0 spiro atoms. The highest BCUT2D eigenvalue weighted by atomic mass is 16.2. The van der Waals surface area contributed by atoms with Crippen molar-refractivity contribution in [3.63, 3.8) is 0 Å². The van der Waals surface area contributed by atoms with Crippen LogP contribution in [0.25, 0.3) is 10.9 Å². The molecule has 3 N–H and O–H groups in total. The zero-order valence-corrected chi connectivity index (χ0v) is 17.5. The Bertz CT molecular complexity index is 997. The summed E-state index contributed by atoms with van der Waals surface area (Å²) in [5.41, 5.74) is 4.00. The van der Waals surface area contributed by atoms with Gasteiger partial charge in [-0.25, -0.2) is 0 Å². The molecule has 5 heteroatoms. The van der Waals surface area contributed by atoms with Gasteiger partial charge in [0.15, 0.2) is 0 Å². The van der Waals surface area contributed by atoms with Crippen molar-refractivity contribution in [2.45, 2.75) is 45.6 Å². The molecule has 0 fully saturated rings. The van der Waals surface area contributed by atoms with Crippen molar-refractivity contribution in [3.05, 3.63) is 71.4 Å².